The summed E-state index contributed by atoms with van der Waals surface area (Å²) in [6.07, 6.45) is 5.55. The van der Waals surface area contributed by atoms with E-state index in [4.69, 9.17) is 0 Å². The third-order valence-corrected chi connectivity index (χ3v) is 2.82. The highest BCUT2D eigenvalue weighted by atomic mass is 15.3. The summed E-state index contributed by atoms with van der Waals surface area (Å²) in [5, 5.41) is 7.50. The van der Waals surface area contributed by atoms with Crippen LogP contribution in [0.4, 0.5) is 5.82 Å². The van der Waals surface area contributed by atoms with Crippen LogP contribution in [0.3, 0.4) is 0 Å². The van der Waals surface area contributed by atoms with Gasteiger partial charge in [-0.05, 0) is 19.9 Å². The minimum atomic E-state index is 0.734. The van der Waals surface area contributed by atoms with Gasteiger partial charge in [0.05, 0.1) is 11.9 Å². The summed E-state index contributed by atoms with van der Waals surface area (Å²) in [6.45, 7) is 3.97. The largest absolute Gasteiger partial charge is 0.372 e. The van der Waals surface area contributed by atoms with E-state index < -0.39 is 0 Å². The summed E-state index contributed by atoms with van der Waals surface area (Å²) in [5.41, 5.74) is 2.80. The Morgan fingerprint density at radius 3 is 2.78 bits per heavy atom. The number of fused-ring (bicyclic) bond motifs is 1. The molecule has 92 valence electrons. The molecule has 0 aromatic carbocycles. The van der Waals surface area contributed by atoms with Crippen molar-refractivity contribution >= 4 is 11.5 Å². The number of aromatic nitrogens is 5. The Morgan fingerprint density at radius 1 is 1.28 bits per heavy atom. The second-order valence-electron chi connectivity index (χ2n) is 4.20. The van der Waals surface area contributed by atoms with Crippen molar-refractivity contribution in [1.29, 1.82) is 0 Å². The van der Waals surface area contributed by atoms with Crippen molar-refractivity contribution in [3.63, 3.8) is 0 Å². The fraction of sp³-hybridized carbons (Fsp3) is 0.250. The predicted molar refractivity (Wildman–Crippen MR) is 69.1 cm³/mol. The molecule has 3 heterocycles. The second-order valence-corrected chi connectivity index (χ2v) is 4.20. The maximum atomic E-state index is 4.54. The smallest absolute Gasteiger partial charge is 0.199 e. The molecule has 18 heavy (non-hydrogen) atoms. The third-order valence-electron chi connectivity index (χ3n) is 2.82. The molecule has 0 aliphatic heterocycles. The molecule has 0 amide bonds. The van der Waals surface area contributed by atoms with Gasteiger partial charge in [-0.1, -0.05) is 0 Å². The fourth-order valence-electron chi connectivity index (χ4n) is 2.02. The van der Waals surface area contributed by atoms with Gasteiger partial charge in [0, 0.05) is 25.1 Å². The van der Waals surface area contributed by atoms with Crippen LogP contribution < -0.4 is 5.32 Å². The first-order valence-electron chi connectivity index (χ1n) is 5.74. The van der Waals surface area contributed by atoms with Gasteiger partial charge in [-0.15, -0.1) is 0 Å². The van der Waals surface area contributed by atoms with E-state index in [0.717, 1.165) is 28.7 Å². The lowest BCUT2D eigenvalue weighted by atomic mass is 10.4. The molecule has 0 fully saturated rings. The van der Waals surface area contributed by atoms with E-state index >= 15 is 0 Å². The number of nitrogens with zero attached hydrogens (tertiary/aromatic N) is 5. The van der Waals surface area contributed by atoms with Crippen molar-refractivity contribution in [3.05, 3.63) is 36.0 Å². The molecule has 0 spiro atoms. The van der Waals surface area contributed by atoms with Crippen LogP contribution in [0.5, 0.6) is 0 Å². The molecule has 0 saturated heterocycles. The van der Waals surface area contributed by atoms with Crippen molar-refractivity contribution in [2.24, 2.45) is 0 Å². The van der Waals surface area contributed by atoms with Gasteiger partial charge >= 0.3 is 0 Å². The molecule has 0 radical (unpaired) electrons. The molecule has 6 heteroatoms. The quantitative estimate of drug-likeness (QED) is 0.741. The number of imidazole rings is 1. The third kappa shape index (κ3) is 1.54. The average Bonchev–Trinajstić information content (AvgIpc) is 2.94. The van der Waals surface area contributed by atoms with Gasteiger partial charge in [-0.2, -0.15) is 5.10 Å². The summed E-state index contributed by atoms with van der Waals surface area (Å²) in [7, 11) is 1.84. The normalized spacial score (nSPS) is 11.1. The van der Waals surface area contributed by atoms with E-state index in [0.29, 0.717) is 0 Å². The highest BCUT2D eigenvalue weighted by Gasteiger charge is 2.12. The summed E-state index contributed by atoms with van der Waals surface area (Å²) in [5.74, 6) is 1.51. The van der Waals surface area contributed by atoms with Gasteiger partial charge in [0.15, 0.2) is 11.5 Å². The summed E-state index contributed by atoms with van der Waals surface area (Å²) < 4.78 is 3.75. The van der Waals surface area contributed by atoms with Gasteiger partial charge in [-0.25, -0.2) is 14.6 Å². The maximum absolute atomic E-state index is 4.54. The van der Waals surface area contributed by atoms with Crippen molar-refractivity contribution in [2.75, 3.05) is 12.4 Å². The average molecular weight is 242 g/mol. The van der Waals surface area contributed by atoms with Gasteiger partial charge in [0.25, 0.3) is 0 Å². The molecule has 0 aliphatic rings. The molecule has 0 saturated carbocycles. The fourth-order valence-corrected chi connectivity index (χ4v) is 2.02. The van der Waals surface area contributed by atoms with E-state index in [1.165, 1.54) is 0 Å². The Morgan fingerprint density at radius 2 is 2.11 bits per heavy atom. The molecule has 0 atom stereocenters. The van der Waals surface area contributed by atoms with Gasteiger partial charge < -0.3 is 9.72 Å². The molecule has 0 aliphatic carbocycles. The molecule has 3 aromatic heterocycles. The highest BCUT2D eigenvalue weighted by Crippen LogP contribution is 2.17. The Hall–Kier alpha value is -2.37. The maximum Gasteiger partial charge on any atom is 0.199 e. The first kappa shape index (κ1) is 10.8. The van der Waals surface area contributed by atoms with Crippen molar-refractivity contribution < 1.29 is 0 Å². The highest BCUT2D eigenvalue weighted by molar-refractivity contribution is 5.58. The van der Waals surface area contributed by atoms with Crippen LogP contribution in [0.1, 0.15) is 11.4 Å². The van der Waals surface area contributed by atoms with Crippen LogP contribution in [-0.4, -0.2) is 31.2 Å². The molecular formula is C12H14N6. The van der Waals surface area contributed by atoms with Gasteiger partial charge in [0.1, 0.15) is 5.82 Å². The number of hydrogen-bond acceptors (Lipinski definition) is 4. The zero-order chi connectivity index (χ0) is 12.7. The lowest BCUT2D eigenvalue weighted by Gasteiger charge is -2.08. The first-order chi connectivity index (χ1) is 8.69. The molecule has 6 nitrogen and oxygen atoms in total. The Bertz CT molecular complexity index is 709. The van der Waals surface area contributed by atoms with Crippen LogP contribution in [0.25, 0.3) is 11.5 Å². The SMILES string of the molecule is CNc1cn2ccnc2c(-n2nc(C)cc2C)n1. The van der Waals surface area contributed by atoms with Crippen LogP contribution in [-0.2, 0) is 0 Å². The standard InChI is InChI=1S/C12H14N6/c1-8-6-9(2)18(16-8)12-11-14-4-5-17(11)7-10(13-3)15-12/h4-7,13H,1-3H3. The number of anilines is 1. The topological polar surface area (TPSA) is 60.0 Å². The lowest BCUT2D eigenvalue weighted by Crippen LogP contribution is -2.07. The van der Waals surface area contributed by atoms with Crippen LogP contribution in [0, 0.1) is 13.8 Å². The number of rotatable bonds is 2. The van der Waals surface area contributed by atoms with E-state index in [2.05, 4.69) is 20.4 Å². The number of aryl methyl sites for hydroxylation is 2. The molecule has 1 N–H and O–H groups in total. The lowest BCUT2D eigenvalue weighted by molar-refractivity contribution is 0.804. The van der Waals surface area contributed by atoms with Crippen molar-refractivity contribution in [1.82, 2.24) is 24.1 Å². The zero-order valence-corrected chi connectivity index (χ0v) is 10.5. The van der Waals surface area contributed by atoms with E-state index in [-0.39, 0.29) is 0 Å². The van der Waals surface area contributed by atoms with Crippen LogP contribution >= 0.6 is 0 Å². The first-order valence-corrected chi connectivity index (χ1v) is 5.74. The minimum Gasteiger partial charge on any atom is -0.372 e. The van der Waals surface area contributed by atoms with E-state index in [1.807, 2.05) is 48.4 Å². The zero-order valence-electron chi connectivity index (χ0n) is 10.5. The van der Waals surface area contributed by atoms with Gasteiger partial charge in [-0.3, -0.25) is 0 Å². The van der Waals surface area contributed by atoms with Gasteiger partial charge in [0.2, 0.25) is 0 Å². The minimum absolute atomic E-state index is 0.734. The Balaban J connectivity index is 2.33. The second kappa shape index (κ2) is 3.83. The number of hydrogen-bond donors (Lipinski definition) is 1. The molecule has 3 rings (SSSR count). The van der Waals surface area contributed by atoms with Crippen LogP contribution in [0.2, 0.25) is 0 Å². The Kier molecular flexibility index (Phi) is 2.29. The number of nitrogens with one attached hydrogen (secondary N) is 1. The molecular weight excluding hydrogens is 228 g/mol. The molecule has 0 unspecified atom stereocenters. The van der Waals surface area contributed by atoms with Crippen molar-refractivity contribution in [3.8, 4) is 5.82 Å². The molecule has 3 aromatic rings. The van der Waals surface area contributed by atoms with E-state index in [1.54, 1.807) is 6.20 Å². The predicted octanol–water partition coefficient (Wildman–Crippen LogP) is 1.57. The summed E-state index contributed by atoms with van der Waals surface area (Å²) >= 11 is 0. The summed E-state index contributed by atoms with van der Waals surface area (Å²) in [4.78, 5) is 8.87. The van der Waals surface area contributed by atoms with Crippen LogP contribution in [0.15, 0.2) is 24.7 Å². The van der Waals surface area contributed by atoms with E-state index in [9.17, 15) is 0 Å². The molecule has 0 bridgehead atoms. The summed E-state index contributed by atoms with van der Waals surface area (Å²) in [6, 6.07) is 2.02. The Labute approximate surface area is 104 Å². The van der Waals surface area contributed by atoms with Crippen molar-refractivity contribution in [2.45, 2.75) is 13.8 Å². The monoisotopic (exact) mass is 242 g/mol.